The van der Waals surface area contributed by atoms with E-state index in [0.717, 1.165) is 36.7 Å². The number of nitrogens with one attached hydrogen (secondary N) is 2. The van der Waals surface area contributed by atoms with Crippen molar-refractivity contribution in [2.24, 2.45) is 5.41 Å². The van der Waals surface area contributed by atoms with Gasteiger partial charge in [-0.05, 0) is 51.0 Å². The van der Waals surface area contributed by atoms with Crippen LogP contribution in [0.15, 0.2) is 18.5 Å². The zero-order chi connectivity index (χ0) is 16.9. The molecule has 2 fully saturated rings. The van der Waals surface area contributed by atoms with Crippen LogP contribution in [0.5, 0.6) is 0 Å². The van der Waals surface area contributed by atoms with Crippen LogP contribution in [0, 0.1) is 5.41 Å². The number of urea groups is 1. The quantitative estimate of drug-likeness (QED) is 0.806. The zero-order valence-electron chi connectivity index (χ0n) is 14.0. The Balaban J connectivity index is 1.35. The van der Waals surface area contributed by atoms with Crippen molar-refractivity contribution in [2.75, 3.05) is 5.32 Å². The van der Waals surface area contributed by atoms with E-state index >= 15 is 0 Å². The first kappa shape index (κ1) is 15.4. The van der Waals surface area contributed by atoms with Gasteiger partial charge in [0.25, 0.3) is 0 Å². The van der Waals surface area contributed by atoms with Gasteiger partial charge < -0.3 is 15.7 Å². The average molecular weight is 329 g/mol. The van der Waals surface area contributed by atoms with E-state index in [0.29, 0.717) is 11.1 Å². The van der Waals surface area contributed by atoms with Crippen molar-refractivity contribution in [3.05, 3.63) is 18.5 Å². The Morgan fingerprint density at radius 3 is 2.75 bits per heavy atom. The number of nitrogens with zero attached hydrogens (tertiary/aromatic N) is 3. The number of anilines is 1. The van der Waals surface area contributed by atoms with Gasteiger partial charge in [0, 0.05) is 17.5 Å². The summed E-state index contributed by atoms with van der Waals surface area (Å²) in [7, 11) is 0. The van der Waals surface area contributed by atoms with Crippen LogP contribution in [0.2, 0.25) is 0 Å². The summed E-state index contributed by atoms with van der Waals surface area (Å²) in [5.74, 6) is 0. The summed E-state index contributed by atoms with van der Waals surface area (Å²) in [5.41, 5.74) is 1.78. The van der Waals surface area contributed by atoms with Crippen LogP contribution in [0.25, 0.3) is 11.0 Å². The van der Waals surface area contributed by atoms with E-state index in [1.54, 1.807) is 12.4 Å². The molecule has 0 saturated heterocycles. The molecule has 2 aliphatic rings. The largest absolute Gasteiger partial charge is 0.393 e. The number of aliphatic hydroxyl groups is 1. The number of aliphatic hydroxyl groups excluding tert-OH is 1. The van der Waals surface area contributed by atoms with E-state index < -0.39 is 0 Å². The summed E-state index contributed by atoms with van der Waals surface area (Å²) in [6.07, 6.45) is 6.99. The maximum atomic E-state index is 12.1. The normalized spacial score (nSPS) is 28.7. The van der Waals surface area contributed by atoms with Crippen LogP contribution in [0.1, 0.15) is 45.6 Å². The maximum Gasteiger partial charge on any atom is 0.319 e. The molecule has 1 spiro atoms. The van der Waals surface area contributed by atoms with Gasteiger partial charge in [0.15, 0.2) is 5.65 Å². The second-order valence-electron chi connectivity index (χ2n) is 7.59. The first-order valence-electron chi connectivity index (χ1n) is 8.53. The Morgan fingerprint density at radius 1 is 1.33 bits per heavy atom. The summed E-state index contributed by atoms with van der Waals surface area (Å²) in [5, 5.41) is 20.5. The number of aromatic nitrogens is 3. The lowest BCUT2D eigenvalue weighted by Crippen LogP contribution is -2.58. The molecular weight excluding hydrogens is 306 g/mol. The molecule has 2 heterocycles. The lowest BCUT2D eigenvalue weighted by atomic mass is 9.53. The van der Waals surface area contributed by atoms with Crippen molar-refractivity contribution in [2.45, 2.75) is 57.7 Å². The molecule has 0 unspecified atom stereocenters. The Hall–Kier alpha value is -2.15. The molecule has 0 radical (unpaired) electrons. The van der Waals surface area contributed by atoms with Crippen LogP contribution in [-0.2, 0) is 0 Å². The second kappa shape index (κ2) is 5.44. The molecule has 0 aliphatic heterocycles. The molecule has 7 nitrogen and oxygen atoms in total. The molecule has 0 bridgehead atoms. The molecule has 4 rings (SSSR count). The predicted molar refractivity (Wildman–Crippen MR) is 90.8 cm³/mol. The van der Waals surface area contributed by atoms with Crippen LogP contribution in [0.3, 0.4) is 0 Å². The molecule has 2 amide bonds. The molecule has 2 aromatic heterocycles. The molecule has 0 atom stereocenters. The Labute approximate surface area is 140 Å². The maximum absolute atomic E-state index is 12.1. The summed E-state index contributed by atoms with van der Waals surface area (Å²) >= 11 is 0. The fourth-order valence-electron chi connectivity index (χ4n) is 4.10. The molecule has 0 aromatic carbocycles. The topological polar surface area (TPSA) is 92.1 Å². The zero-order valence-corrected chi connectivity index (χ0v) is 14.0. The number of amides is 2. The van der Waals surface area contributed by atoms with Crippen molar-refractivity contribution >= 4 is 22.8 Å². The van der Waals surface area contributed by atoms with E-state index in [9.17, 15) is 9.90 Å². The van der Waals surface area contributed by atoms with Crippen LogP contribution in [-0.4, -0.2) is 38.0 Å². The number of hydrogen-bond acceptors (Lipinski definition) is 4. The van der Waals surface area contributed by atoms with Crippen molar-refractivity contribution < 1.29 is 9.90 Å². The smallest absolute Gasteiger partial charge is 0.319 e. The Bertz CT molecular complexity index is 770. The molecule has 128 valence electrons. The van der Waals surface area contributed by atoms with Gasteiger partial charge in [-0.3, -0.25) is 0 Å². The monoisotopic (exact) mass is 329 g/mol. The summed E-state index contributed by atoms with van der Waals surface area (Å²) in [6, 6.07) is 2.14. The van der Waals surface area contributed by atoms with Gasteiger partial charge in [-0.1, -0.05) is 0 Å². The second-order valence-corrected chi connectivity index (χ2v) is 7.59. The first-order chi connectivity index (χ1) is 11.4. The Kier molecular flexibility index (Phi) is 3.49. The number of fused-ring (bicyclic) bond motifs is 1. The van der Waals surface area contributed by atoms with Crippen molar-refractivity contribution in [3.8, 4) is 0 Å². The summed E-state index contributed by atoms with van der Waals surface area (Å²) in [4.78, 5) is 16.5. The third-order valence-corrected chi connectivity index (χ3v) is 5.21. The molecule has 2 aromatic rings. The predicted octanol–water partition coefficient (Wildman–Crippen LogP) is 2.44. The average Bonchev–Trinajstić information content (AvgIpc) is 2.86. The number of pyridine rings is 1. The van der Waals surface area contributed by atoms with E-state index in [4.69, 9.17) is 0 Å². The van der Waals surface area contributed by atoms with Gasteiger partial charge in [0.1, 0.15) is 0 Å². The highest BCUT2D eigenvalue weighted by Crippen LogP contribution is 2.55. The van der Waals surface area contributed by atoms with Crippen molar-refractivity contribution in [1.29, 1.82) is 0 Å². The summed E-state index contributed by atoms with van der Waals surface area (Å²) in [6.45, 7) is 4.11. The van der Waals surface area contributed by atoms with Crippen LogP contribution < -0.4 is 10.6 Å². The number of hydrogen-bond donors (Lipinski definition) is 3. The van der Waals surface area contributed by atoms with E-state index in [-0.39, 0.29) is 24.2 Å². The fraction of sp³-hybridized carbons (Fsp3) is 0.588. The van der Waals surface area contributed by atoms with Gasteiger partial charge in [-0.25, -0.2) is 14.5 Å². The minimum absolute atomic E-state index is 0.135. The van der Waals surface area contributed by atoms with Gasteiger partial charge >= 0.3 is 6.03 Å². The third kappa shape index (κ3) is 2.62. The highest BCUT2D eigenvalue weighted by Gasteiger charge is 2.52. The minimum Gasteiger partial charge on any atom is -0.393 e. The lowest BCUT2D eigenvalue weighted by molar-refractivity contribution is -0.0943. The van der Waals surface area contributed by atoms with Gasteiger partial charge in [0.05, 0.1) is 24.2 Å². The minimum atomic E-state index is -0.202. The molecular formula is C17H23N5O2. The molecule has 2 aliphatic carbocycles. The van der Waals surface area contributed by atoms with E-state index in [2.05, 4.69) is 34.6 Å². The highest BCUT2D eigenvalue weighted by atomic mass is 16.3. The first-order valence-corrected chi connectivity index (χ1v) is 8.53. The number of rotatable bonds is 3. The molecule has 24 heavy (non-hydrogen) atoms. The van der Waals surface area contributed by atoms with Crippen molar-refractivity contribution in [3.63, 3.8) is 0 Å². The molecule has 2 saturated carbocycles. The SMILES string of the molecule is CC(C)n1ncc2cc(NC(=O)NC3CC4(CC(O)C4)C3)cnc21. The highest BCUT2D eigenvalue weighted by molar-refractivity contribution is 5.91. The fourth-order valence-corrected chi connectivity index (χ4v) is 4.10. The number of carbonyl (C=O) groups is 1. The molecule has 3 N–H and O–H groups in total. The lowest BCUT2D eigenvalue weighted by Gasteiger charge is -2.56. The van der Waals surface area contributed by atoms with Gasteiger partial charge in [-0.2, -0.15) is 5.10 Å². The standard InChI is InChI=1S/C17H23N5O2/c1-10(2)22-15-11(8-19-22)3-12(9-18-15)20-16(24)21-13-4-17(5-13)6-14(23)7-17/h3,8-10,13-14,23H,4-7H2,1-2H3,(H2,20,21,24). The van der Waals surface area contributed by atoms with E-state index in [1.807, 2.05) is 10.7 Å². The van der Waals surface area contributed by atoms with E-state index in [1.165, 1.54) is 0 Å². The van der Waals surface area contributed by atoms with Crippen LogP contribution >= 0.6 is 0 Å². The third-order valence-electron chi connectivity index (χ3n) is 5.21. The van der Waals surface area contributed by atoms with Gasteiger partial charge in [0.2, 0.25) is 0 Å². The van der Waals surface area contributed by atoms with Crippen LogP contribution in [0.4, 0.5) is 10.5 Å². The van der Waals surface area contributed by atoms with Crippen molar-refractivity contribution in [1.82, 2.24) is 20.1 Å². The number of carbonyl (C=O) groups excluding carboxylic acids is 1. The van der Waals surface area contributed by atoms with Gasteiger partial charge in [-0.15, -0.1) is 0 Å². The Morgan fingerprint density at radius 2 is 2.08 bits per heavy atom. The summed E-state index contributed by atoms with van der Waals surface area (Å²) < 4.78 is 1.86. The molecule has 7 heteroatoms.